The lowest BCUT2D eigenvalue weighted by Crippen LogP contribution is -2.60. The van der Waals surface area contributed by atoms with E-state index in [1.807, 2.05) is 0 Å². The number of carbonyl (C=O) groups excluding carboxylic acids is 4. The average Bonchev–Trinajstić information content (AvgIpc) is 3.78. The van der Waals surface area contributed by atoms with E-state index in [-0.39, 0.29) is 106 Å². The zero-order valence-electron chi connectivity index (χ0n) is 36.2. The van der Waals surface area contributed by atoms with E-state index in [0.717, 1.165) is 24.3 Å². The van der Waals surface area contributed by atoms with Crippen LogP contribution in [-0.4, -0.2) is 198 Å². The fraction of sp³-hybridized carbons (Fsp3) is 0.722. The molecule has 0 saturated carbocycles. The summed E-state index contributed by atoms with van der Waals surface area (Å²) in [5.41, 5.74) is 15.1. The van der Waals surface area contributed by atoms with E-state index in [4.69, 9.17) is 67.7 Å². The maximum absolute atomic E-state index is 12.7. The minimum Gasteiger partial charge on any atom is -0.480 e. The molecule has 28 heteroatoms. The standard InChI is InChI=1S/C36H62N8O20/c1-25(35(49)50)39-61-27(3)41-59-23-21-57-19-17-55-15-13-53-11-9-37-63-33(43-29(45)5-6-30(43)46)34(44-31(47)7-8-32(44)48)64-38-10-12-54-14-16-56-18-20-58-22-24-60-42-28(4)62-40-26(2)36(51)52/h5-8,25-28,33-34,37-42H,9-24H2,1-4H3,(H,49,50)(H,51,52). The number of amides is 4. The Bertz CT molecular complexity index is 1310. The van der Waals surface area contributed by atoms with Gasteiger partial charge in [0.1, 0.15) is 24.5 Å². The quantitative estimate of drug-likeness (QED) is 0.0127. The van der Waals surface area contributed by atoms with E-state index >= 15 is 0 Å². The van der Waals surface area contributed by atoms with Gasteiger partial charge in [-0.15, -0.1) is 0 Å². The van der Waals surface area contributed by atoms with Gasteiger partial charge < -0.3 is 38.6 Å². The van der Waals surface area contributed by atoms with E-state index in [1.54, 1.807) is 13.8 Å². The highest BCUT2D eigenvalue weighted by Crippen LogP contribution is 2.21. The van der Waals surface area contributed by atoms with E-state index < -0.39 is 72.6 Å². The monoisotopic (exact) mass is 926 g/mol. The number of hydroxylamine groups is 6. The lowest BCUT2D eigenvalue weighted by Gasteiger charge is -2.35. The molecule has 64 heavy (non-hydrogen) atoms. The van der Waals surface area contributed by atoms with Crippen molar-refractivity contribution in [1.82, 2.24) is 42.7 Å². The van der Waals surface area contributed by atoms with Gasteiger partial charge in [-0.25, -0.2) is 9.80 Å². The van der Waals surface area contributed by atoms with Crippen molar-refractivity contribution < 1.29 is 96.4 Å². The Morgan fingerprint density at radius 2 is 0.734 bits per heavy atom. The molecule has 0 aliphatic carbocycles. The minimum absolute atomic E-state index is 0.0510. The first-order chi connectivity index (χ1) is 30.8. The van der Waals surface area contributed by atoms with Gasteiger partial charge in [-0.1, -0.05) is 0 Å². The van der Waals surface area contributed by atoms with Gasteiger partial charge in [0.05, 0.1) is 92.5 Å². The summed E-state index contributed by atoms with van der Waals surface area (Å²) in [4.78, 5) is 106. The molecule has 4 amide bonds. The van der Waals surface area contributed by atoms with Crippen molar-refractivity contribution in [2.45, 2.75) is 64.7 Å². The number of carbonyl (C=O) groups is 6. The Morgan fingerprint density at radius 1 is 0.453 bits per heavy atom. The lowest BCUT2D eigenvalue weighted by molar-refractivity contribution is -0.229. The summed E-state index contributed by atoms with van der Waals surface area (Å²) >= 11 is 0. The molecule has 0 aromatic rings. The number of hydrogen-bond donors (Lipinski definition) is 8. The maximum atomic E-state index is 12.7. The van der Waals surface area contributed by atoms with Gasteiger partial charge >= 0.3 is 11.9 Å². The van der Waals surface area contributed by atoms with Crippen molar-refractivity contribution in [2.75, 3.05) is 106 Å². The highest BCUT2D eigenvalue weighted by atomic mass is 16.7. The van der Waals surface area contributed by atoms with Crippen molar-refractivity contribution in [2.24, 2.45) is 0 Å². The van der Waals surface area contributed by atoms with Crippen LogP contribution in [0, 0.1) is 0 Å². The summed E-state index contributed by atoms with van der Waals surface area (Å²) in [5, 5.41) is 17.6. The molecule has 6 atom stereocenters. The first kappa shape index (κ1) is 56.1. The molecule has 8 N–H and O–H groups in total. The Morgan fingerprint density at radius 3 is 1.03 bits per heavy atom. The third-order valence-electron chi connectivity index (χ3n) is 7.77. The Kier molecular flexibility index (Phi) is 30.1. The van der Waals surface area contributed by atoms with Crippen LogP contribution in [0.2, 0.25) is 0 Å². The molecule has 2 rings (SSSR count). The van der Waals surface area contributed by atoms with Crippen LogP contribution in [0.4, 0.5) is 0 Å². The summed E-state index contributed by atoms with van der Waals surface area (Å²) in [6.07, 6.45) is -0.432. The van der Waals surface area contributed by atoms with Gasteiger partial charge in [0.25, 0.3) is 23.6 Å². The van der Waals surface area contributed by atoms with E-state index in [1.165, 1.54) is 13.8 Å². The van der Waals surface area contributed by atoms with Gasteiger partial charge in [-0.05, 0) is 27.7 Å². The SMILES string of the molecule is CC(NOCCOCCOCCOCCNOC(C(ONCCOCCOCCOCCONC(C)ONC(C)C(=O)O)N1C(=O)C=CC1=O)N1C(=O)C=CC1=O)ONC(C)C(=O)O. The molecule has 2 heterocycles. The highest BCUT2D eigenvalue weighted by Gasteiger charge is 2.45. The topological polar surface area (TPSA) is 332 Å². The fourth-order valence-electron chi connectivity index (χ4n) is 4.51. The molecule has 0 saturated heterocycles. The van der Waals surface area contributed by atoms with Gasteiger partial charge in [0.15, 0.2) is 0 Å². The molecule has 6 unspecified atom stereocenters. The first-order valence-electron chi connectivity index (χ1n) is 20.2. The third kappa shape index (κ3) is 24.3. The molecule has 0 aromatic heterocycles. The predicted molar refractivity (Wildman–Crippen MR) is 212 cm³/mol. The highest BCUT2D eigenvalue weighted by molar-refractivity contribution is 6.14. The maximum Gasteiger partial charge on any atom is 0.322 e. The largest absolute Gasteiger partial charge is 0.480 e. The normalized spacial score (nSPS) is 16.8. The van der Waals surface area contributed by atoms with Crippen molar-refractivity contribution >= 4 is 35.6 Å². The second kappa shape index (κ2) is 34.3. The number of hydrogen-bond acceptors (Lipinski definition) is 24. The summed E-state index contributed by atoms with van der Waals surface area (Å²) in [6, 6.07) is -1.77. The van der Waals surface area contributed by atoms with Gasteiger partial charge in [-0.3, -0.25) is 57.8 Å². The number of nitrogens with zero attached hydrogens (tertiary/aromatic N) is 2. The van der Waals surface area contributed by atoms with Gasteiger partial charge in [0.2, 0.25) is 12.5 Å². The van der Waals surface area contributed by atoms with Crippen LogP contribution in [0.5, 0.6) is 0 Å². The number of ether oxygens (including phenoxy) is 6. The molecule has 28 nitrogen and oxygen atoms in total. The van der Waals surface area contributed by atoms with Crippen LogP contribution in [0.25, 0.3) is 0 Å². The Labute approximate surface area is 369 Å². The Balaban J connectivity index is 1.61. The molecule has 2 aliphatic heterocycles. The number of carboxylic acid groups (broad SMARTS) is 2. The molecule has 0 spiro atoms. The lowest BCUT2D eigenvalue weighted by atomic mass is 10.3. The second-order valence-electron chi connectivity index (χ2n) is 13.0. The molecular weight excluding hydrogens is 864 g/mol. The van der Waals surface area contributed by atoms with Gasteiger partial charge in [-0.2, -0.15) is 32.9 Å². The summed E-state index contributed by atoms with van der Waals surface area (Å²) in [5.74, 6) is -5.18. The van der Waals surface area contributed by atoms with Crippen molar-refractivity contribution in [1.29, 1.82) is 0 Å². The zero-order valence-corrected chi connectivity index (χ0v) is 36.2. The Hall–Kier alpha value is -4.02. The smallest absolute Gasteiger partial charge is 0.322 e. The second-order valence-corrected chi connectivity index (χ2v) is 13.0. The van der Waals surface area contributed by atoms with Crippen molar-refractivity contribution in [3.63, 3.8) is 0 Å². The van der Waals surface area contributed by atoms with Crippen LogP contribution < -0.4 is 32.9 Å². The number of carboxylic acids is 2. The van der Waals surface area contributed by atoms with Crippen LogP contribution in [0.1, 0.15) is 27.7 Å². The molecule has 0 fully saturated rings. The third-order valence-corrected chi connectivity index (χ3v) is 7.77. The van der Waals surface area contributed by atoms with Crippen LogP contribution in [-0.2, 0) is 86.2 Å². The van der Waals surface area contributed by atoms with E-state index in [0.29, 0.717) is 9.80 Å². The molecular formula is C36H62N8O20. The molecule has 0 aromatic carbocycles. The zero-order chi connectivity index (χ0) is 47.0. The summed E-state index contributed by atoms with van der Waals surface area (Å²) in [7, 11) is 0. The first-order valence-corrected chi connectivity index (χ1v) is 20.2. The summed E-state index contributed by atoms with van der Waals surface area (Å²) in [6.45, 7) is 9.37. The van der Waals surface area contributed by atoms with Crippen LogP contribution >= 0.6 is 0 Å². The summed E-state index contributed by atoms with van der Waals surface area (Å²) < 4.78 is 32.7. The number of rotatable bonds is 43. The average molecular weight is 927 g/mol. The number of imide groups is 2. The molecule has 2 aliphatic rings. The number of aliphatic carboxylic acids is 2. The van der Waals surface area contributed by atoms with Crippen LogP contribution in [0.3, 0.4) is 0 Å². The van der Waals surface area contributed by atoms with E-state index in [9.17, 15) is 28.8 Å². The fourth-order valence-corrected chi connectivity index (χ4v) is 4.51. The van der Waals surface area contributed by atoms with Gasteiger partial charge in [0, 0.05) is 37.4 Å². The van der Waals surface area contributed by atoms with Crippen molar-refractivity contribution in [3.8, 4) is 0 Å². The number of nitrogens with one attached hydrogen (secondary N) is 6. The predicted octanol–water partition coefficient (Wildman–Crippen LogP) is -3.65. The molecule has 0 radical (unpaired) electrons. The molecule has 0 bridgehead atoms. The van der Waals surface area contributed by atoms with Crippen molar-refractivity contribution in [3.05, 3.63) is 24.3 Å². The minimum atomic E-state index is -1.63. The molecule has 366 valence electrons. The van der Waals surface area contributed by atoms with Crippen LogP contribution in [0.15, 0.2) is 24.3 Å². The van der Waals surface area contributed by atoms with E-state index in [2.05, 4.69) is 32.9 Å².